The lowest BCUT2D eigenvalue weighted by Crippen LogP contribution is -2.29. The van der Waals surface area contributed by atoms with Crippen molar-refractivity contribution in [2.75, 3.05) is 9.44 Å². The van der Waals surface area contributed by atoms with Crippen LogP contribution in [0, 0.1) is 0 Å². The lowest BCUT2D eigenvalue weighted by molar-refractivity contribution is -0.0435. The van der Waals surface area contributed by atoms with Crippen LogP contribution in [0.15, 0.2) is 58.3 Å². The number of alkyl halides is 6. The summed E-state index contributed by atoms with van der Waals surface area (Å²) in [5.74, 6) is 0. The lowest BCUT2D eigenvalue weighted by atomic mass is 10.3. The number of sulfone groups is 1. The molecule has 0 atom stereocenters. The summed E-state index contributed by atoms with van der Waals surface area (Å²) in [7, 11) is -15.7. The maximum Gasteiger partial charge on any atom is 0.516 e. The number of nitrogens with one attached hydrogen (secondary N) is 2. The molecule has 0 aliphatic carbocycles. The Bertz CT molecular complexity index is 1170. The van der Waals surface area contributed by atoms with Gasteiger partial charge in [0.1, 0.15) is 0 Å². The van der Waals surface area contributed by atoms with E-state index in [9.17, 15) is 51.6 Å². The van der Waals surface area contributed by atoms with Crippen molar-refractivity contribution in [2.45, 2.75) is 20.8 Å². The molecule has 0 saturated heterocycles. The predicted octanol–water partition coefficient (Wildman–Crippen LogP) is 3.04. The fourth-order valence-electron chi connectivity index (χ4n) is 1.97. The molecule has 172 valence electrons. The van der Waals surface area contributed by atoms with Crippen LogP contribution in [-0.4, -0.2) is 36.3 Å². The van der Waals surface area contributed by atoms with Crippen LogP contribution >= 0.6 is 0 Å². The largest absolute Gasteiger partial charge is 0.516 e. The molecule has 2 N–H and O–H groups in total. The van der Waals surface area contributed by atoms with Crippen molar-refractivity contribution >= 4 is 41.3 Å². The van der Waals surface area contributed by atoms with Gasteiger partial charge in [0, 0.05) is 11.4 Å². The molecule has 2 rings (SSSR count). The van der Waals surface area contributed by atoms with Crippen molar-refractivity contribution in [3.63, 3.8) is 0 Å². The van der Waals surface area contributed by atoms with E-state index in [1.807, 2.05) is 0 Å². The zero-order valence-electron chi connectivity index (χ0n) is 14.6. The minimum Gasteiger partial charge on any atom is -0.276 e. The molecule has 0 spiro atoms. The van der Waals surface area contributed by atoms with Gasteiger partial charge in [0.2, 0.25) is 9.84 Å². The third-order valence-electron chi connectivity index (χ3n) is 3.44. The van der Waals surface area contributed by atoms with E-state index in [0.717, 1.165) is 48.5 Å². The first-order valence-corrected chi connectivity index (χ1v) is 12.0. The Morgan fingerprint density at radius 3 is 1.00 bits per heavy atom. The molecular formula is C14H10F6N2O6S3. The Hall–Kier alpha value is -2.53. The summed E-state index contributed by atoms with van der Waals surface area (Å²) >= 11 is 0. The molecule has 0 bridgehead atoms. The fraction of sp³-hybridized carbons (Fsp3) is 0.143. The monoisotopic (exact) mass is 512 g/mol. The molecule has 0 fully saturated rings. The van der Waals surface area contributed by atoms with Crippen molar-refractivity contribution in [3.8, 4) is 0 Å². The summed E-state index contributed by atoms with van der Waals surface area (Å²) in [6.07, 6.45) is 0. The maximum atomic E-state index is 12.5. The molecule has 0 radical (unpaired) electrons. The van der Waals surface area contributed by atoms with Crippen LogP contribution < -0.4 is 9.44 Å². The van der Waals surface area contributed by atoms with Gasteiger partial charge in [-0.2, -0.15) is 43.2 Å². The molecule has 2 aromatic carbocycles. The second-order valence-electron chi connectivity index (χ2n) is 5.65. The van der Waals surface area contributed by atoms with Crippen LogP contribution in [-0.2, 0) is 29.9 Å². The third kappa shape index (κ3) is 5.40. The Balaban J connectivity index is 2.26. The molecule has 0 aliphatic heterocycles. The van der Waals surface area contributed by atoms with E-state index in [2.05, 4.69) is 0 Å². The first-order valence-electron chi connectivity index (χ1n) is 7.50. The molecule has 0 aromatic heterocycles. The number of benzene rings is 2. The van der Waals surface area contributed by atoms with Gasteiger partial charge in [-0.25, -0.2) is 8.42 Å². The van der Waals surface area contributed by atoms with E-state index >= 15 is 0 Å². The number of halogens is 6. The second-order valence-corrected chi connectivity index (χ2v) is 11.0. The average Bonchev–Trinajstić information content (AvgIpc) is 2.60. The SMILES string of the molecule is O=S(=O)(c1ccc(NS(=O)(=O)C(F)(F)F)cc1)c1ccc(NS(=O)(=O)C(F)(F)F)cc1. The molecule has 0 unspecified atom stereocenters. The first-order chi connectivity index (χ1) is 13.9. The Morgan fingerprint density at radius 2 is 0.774 bits per heavy atom. The van der Waals surface area contributed by atoms with Crippen molar-refractivity contribution in [1.29, 1.82) is 0 Å². The van der Waals surface area contributed by atoms with Gasteiger partial charge in [0.25, 0.3) is 0 Å². The zero-order valence-corrected chi connectivity index (χ0v) is 17.0. The van der Waals surface area contributed by atoms with E-state index < -0.39 is 62.1 Å². The first kappa shape index (κ1) is 24.7. The normalized spacial score (nSPS) is 13.6. The van der Waals surface area contributed by atoms with Crippen LogP contribution in [0.3, 0.4) is 0 Å². The van der Waals surface area contributed by atoms with Crippen molar-refractivity contribution in [1.82, 2.24) is 0 Å². The van der Waals surface area contributed by atoms with E-state index in [1.165, 1.54) is 9.44 Å². The van der Waals surface area contributed by atoms with Gasteiger partial charge >= 0.3 is 31.1 Å². The van der Waals surface area contributed by atoms with E-state index in [1.54, 1.807) is 0 Å². The second kappa shape index (κ2) is 7.86. The van der Waals surface area contributed by atoms with Crippen LogP contribution in [0.1, 0.15) is 0 Å². The number of hydrogen-bond donors (Lipinski definition) is 2. The number of anilines is 2. The molecule has 17 heteroatoms. The summed E-state index contributed by atoms with van der Waals surface area (Å²) in [6, 6.07) is 6.19. The molecule has 31 heavy (non-hydrogen) atoms. The molecular weight excluding hydrogens is 502 g/mol. The Labute approximate surface area is 171 Å². The molecule has 8 nitrogen and oxygen atoms in total. The highest BCUT2D eigenvalue weighted by Crippen LogP contribution is 2.29. The Kier molecular flexibility index (Phi) is 6.28. The standard InChI is InChI=1S/C14H10F6N2O6S3/c15-13(16,17)30(25,26)21-9-1-5-11(6-2-9)29(23,24)12-7-3-10(4-8-12)22-31(27,28)14(18,19)20/h1-8,21-22H. The van der Waals surface area contributed by atoms with Crippen molar-refractivity contribution in [2.24, 2.45) is 0 Å². The summed E-state index contributed by atoms with van der Waals surface area (Å²) in [5.41, 5.74) is -12.3. The number of rotatable bonds is 6. The summed E-state index contributed by atoms with van der Waals surface area (Å²) < 4.78 is 146. The van der Waals surface area contributed by atoms with E-state index in [-0.39, 0.29) is 0 Å². The minimum absolute atomic E-state index is 0.480. The van der Waals surface area contributed by atoms with Crippen LogP contribution in [0.5, 0.6) is 0 Å². The highest BCUT2D eigenvalue weighted by Gasteiger charge is 2.46. The third-order valence-corrected chi connectivity index (χ3v) is 7.46. The molecule has 0 heterocycles. The highest BCUT2D eigenvalue weighted by molar-refractivity contribution is 7.93. The van der Waals surface area contributed by atoms with Gasteiger partial charge in [-0.15, -0.1) is 0 Å². The fourth-order valence-corrected chi connectivity index (χ4v) is 4.35. The quantitative estimate of drug-likeness (QED) is 0.573. The highest BCUT2D eigenvalue weighted by atomic mass is 32.2. The Morgan fingerprint density at radius 1 is 0.516 bits per heavy atom. The summed E-state index contributed by atoms with van der Waals surface area (Å²) in [4.78, 5) is -0.961. The van der Waals surface area contributed by atoms with Crippen LogP contribution in [0.25, 0.3) is 0 Å². The predicted molar refractivity (Wildman–Crippen MR) is 95.5 cm³/mol. The topological polar surface area (TPSA) is 126 Å². The van der Waals surface area contributed by atoms with Crippen LogP contribution in [0.4, 0.5) is 37.7 Å². The molecule has 0 saturated carbocycles. The average molecular weight is 512 g/mol. The zero-order chi connectivity index (χ0) is 23.9. The number of hydrogen-bond acceptors (Lipinski definition) is 6. The van der Waals surface area contributed by atoms with Gasteiger partial charge < -0.3 is 0 Å². The minimum atomic E-state index is -5.72. The summed E-state index contributed by atoms with van der Waals surface area (Å²) in [6.45, 7) is 0. The van der Waals surface area contributed by atoms with E-state index in [4.69, 9.17) is 0 Å². The molecule has 0 amide bonds. The smallest absolute Gasteiger partial charge is 0.276 e. The maximum absolute atomic E-state index is 12.5. The van der Waals surface area contributed by atoms with Crippen molar-refractivity contribution in [3.05, 3.63) is 48.5 Å². The van der Waals surface area contributed by atoms with E-state index in [0.29, 0.717) is 0 Å². The van der Waals surface area contributed by atoms with Crippen LogP contribution in [0.2, 0.25) is 0 Å². The van der Waals surface area contributed by atoms with Gasteiger partial charge in [-0.05, 0) is 48.5 Å². The van der Waals surface area contributed by atoms with Gasteiger partial charge in [0.15, 0.2) is 0 Å². The summed E-state index contributed by atoms with van der Waals surface area (Å²) in [5, 5.41) is 0. The molecule has 2 aromatic rings. The van der Waals surface area contributed by atoms with Gasteiger partial charge in [-0.3, -0.25) is 9.44 Å². The van der Waals surface area contributed by atoms with Gasteiger partial charge in [-0.1, -0.05) is 0 Å². The number of sulfonamides is 2. The molecule has 0 aliphatic rings. The lowest BCUT2D eigenvalue weighted by Gasteiger charge is -2.12. The van der Waals surface area contributed by atoms with Gasteiger partial charge in [0.05, 0.1) is 9.79 Å². The van der Waals surface area contributed by atoms with Crippen molar-refractivity contribution < 1.29 is 51.6 Å².